The maximum atomic E-state index is 8.10. The third kappa shape index (κ3) is 1.96. The van der Waals surface area contributed by atoms with Crippen LogP contribution in [0.2, 0.25) is 0 Å². The molecule has 1 aromatic carbocycles. The molecule has 0 radical (unpaired) electrons. The second-order valence-corrected chi connectivity index (χ2v) is 1.99. The van der Waals surface area contributed by atoms with E-state index in [4.69, 9.17) is 5.53 Å². The van der Waals surface area contributed by atoms with Crippen LogP contribution in [0.4, 0.5) is 0 Å². The van der Waals surface area contributed by atoms with Crippen molar-refractivity contribution in [3.05, 3.63) is 41.4 Å². The minimum atomic E-state index is 0.692. The van der Waals surface area contributed by atoms with Crippen molar-refractivity contribution in [3.8, 4) is 0 Å². The van der Waals surface area contributed by atoms with E-state index in [0.717, 1.165) is 5.56 Å². The van der Waals surface area contributed by atoms with Crippen LogP contribution in [0.15, 0.2) is 30.3 Å². The third-order valence-corrected chi connectivity index (χ3v) is 1.25. The van der Waals surface area contributed by atoms with Gasteiger partial charge in [0.25, 0.3) is 0 Å². The summed E-state index contributed by atoms with van der Waals surface area (Å²) in [6, 6.07) is 9.85. The van der Waals surface area contributed by atoms with E-state index < -0.39 is 0 Å². The first-order chi connectivity index (χ1) is 4.93. The van der Waals surface area contributed by atoms with Gasteiger partial charge in [-0.15, -0.1) is 0 Å². The predicted molar refractivity (Wildman–Crippen MR) is 41.4 cm³/mol. The van der Waals surface area contributed by atoms with Gasteiger partial charge in [0.2, 0.25) is 0 Å². The predicted octanol–water partition coefficient (Wildman–Crippen LogP) is 1.16. The first-order valence-corrected chi connectivity index (χ1v) is 3.13. The van der Waals surface area contributed by atoms with Crippen LogP contribution in [0.5, 0.6) is 0 Å². The van der Waals surface area contributed by atoms with E-state index in [1.165, 1.54) is 7.07 Å². The molecule has 0 saturated heterocycles. The molecule has 0 N–H and O–H groups in total. The molecule has 10 heavy (non-hydrogen) atoms. The normalized spacial score (nSPS) is 8.00. The van der Waals surface area contributed by atoms with Crippen LogP contribution >= 0.6 is 0 Å². The minimum absolute atomic E-state index is 0.692. The van der Waals surface area contributed by atoms with E-state index in [2.05, 4.69) is 4.69 Å². The quantitative estimate of drug-likeness (QED) is 0.327. The van der Waals surface area contributed by atoms with E-state index in [9.17, 15) is 0 Å². The Hall–Kier alpha value is -1.21. The van der Waals surface area contributed by atoms with Gasteiger partial charge in [-0.05, 0) is 0 Å². The number of benzene rings is 1. The van der Waals surface area contributed by atoms with E-state index in [-0.39, 0.29) is 0 Å². The number of hydrogen-bond acceptors (Lipinski definition) is 0. The van der Waals surface area contributed by atoms with Crippen LogP contribution in [-0.4, -0.2) is 7.07 Å². The monoisotopic (exact) mass is 130 g/mol. The summed E-state index contributed by atoms with van der Waals surface area (Å²) in [7, 11) is 1.47. The third-order valence-electron chi connectivity index (χ3n) is 1.25. The summed E-state index contributed by atoms with van der Waals surface area (Å²) in [6.07, 6.45) is 0.692. The molecule has 2 nitrogen and oxygen atoms in total. The molecule has 0 aliphatic rings. The van der Waals surface area contributed by atoms with Gasteiger partial charge in [0.1, 0.15) is 0 Å². The van der Waals surface area contributed by atoms with Crippen molar-refractivity contribution < 1.29 is 0 Å². The maximum absolute atomic E-state index is 8.10. The van der Waals surface area contributed by atoms with Crippen molar-refractivity contribution in [1.29, 1.82) is 0 Å². The second-order valence-electron chi connectivity index (χ2n) is 1.99. The standard InChI is InChI=1S/C7H7BN2/c9-10-8-6-7-4-2-1-3-5-7/h1-5H,6H2. The summed E-state index contributed by atoms with van der Waals surface area (Å²) >= 11 is 0. The van der Waals surface area contributed by atoms with Gasteiger partial charge in [0.05, 0.1) is 0 Å². The zero-order valence-electron chi connectivity index (χ0n) is 5.57. The van der Waals surface area contributed by atoms with Gasteiger partial charge >= 0.3 is 59.5 Å². The zero-order valence-corrected chi connectivity index (χ0v) is 5.57. The van der Waals surface area contributed by atoms with E-state index in [0.29, 0.717) is 6.32 Å². The molecule has 1 aromatic rings. The molecule has 0 bridgehead atoms. The molecule has 0 aromatic heterocycles. The van der Waals surface area contributed by atoms with Crippen LogP contribution in [0.25, 0.3) is 5.53 Å². The topological polar surface area (TPSA) is 36.4 Å². The second kappa shape index (κ2) is 3.75. The summed E-state index contributed by atoms with van der Waals surface area (Å²) in [5.74, 6) is 0. The number of nitrogens with zero attached hydrogens (tertiary/aromatic N) is 2. The summed E-state index contributed by atoms with van der Waals surface area (Å²) in [5, 5.41) is 0. The first kappa shape index (κ1) is 6.91. The number of hydrogen-bond donors (Lipinski definition) is 0. The van der Waals surface area contributed by atoms with Crippen molar-refractivity contribution in [3.63, 3.8) is 0 Å². The Morgan fingerprint density at radius 3 is 2.60 bits per heavy atom. The Labute approximate surface area is 60.4 Å². The molecule has 3 heteroatoms. The van der Waals surface area contributed by atoms with Crippen molar-refractivity contribution in [1.82, 2.24) is 4.69 Å². The molecule has 0 aliphatic heterocycles. The van der Waals surface area contributed by atoms with Crippen LogP contribution in [0.1, 0.15) is 5.56 Å². The summed E-state index contributed by atoms with van der Waals surface area (Å²) < 4.78 is 2.91. The van der Waals surface area contributed by atoms with Gasteiger partial charge in [0, 0.05) is 0 Å². The van der Waals surface area contributed by atoms with Crippen molar-refractivity contribution in [2.45, 2.75) is 6.32 Å². The van der Waals surface area contributed by atoms with Gasteiger partial charge in [-0.25, -0.2) is 0 Å². The fraction of sp³-hybridized carbons (Fsp3) is 0.143. The fourth-order valence-corrected chi connectivity index (χ4v) is 0.760. The molecule has 0 unspecified atom stereocenters. The van der Waals surface area contributed by atoms with E-state index >= 15 is 0 Å². The number of rotatable bonds is 2. The Morgan fingerprint density at radius 1 is 1.30 bits per heavy atom. The van der Waals surface area contributed by atoms with Crippen LogP contribution in [0, 0.1) is 0 Å². The van der Waals surface area contributed by atoms with E-state index in [1.54, 1.807) is 0 Å². The molecular formula is C7H7BN2. The molecule has 0 saturated carbocycles. The van der Waals surface area contributed by atoms with Crippen LogP contribution in [-0.2, 0) is 6.32 Å². The SMILES string of the molecule is [N-]=[N+]=BCc1ccccc1. The molecule has 0 fully saturated rings. The Morgan fingerprint density at radius 2 is 2.00 bits per heavy atom. The molecular weight excluding hydrogens is 123 g/mol. The molecule has 48 valence electrons. The van der Waals surface area contributed by atoms with Crippen molar-refractivity contribution in [2.24, 2.45) is 0 Å². The van der Waals surface area contributed by atoms with Gasteiger partial charge in [-0.1, -0.05) is 0 Å². The Bertz CT molecular complexity index is 239. The van der Waals surface area contributed by atoms with Gasteiger partial charge in [-0.3, -0.25) is 0 Å². The molecule has 0 aliphatic carbocycles. The molecule has 1 rings (SSSR count). The van der Waals surface area contributed by atoms with Gasteiger partial charge < -0.3 is 0 Å². The summed E-state index contributed by atoms with van der Waals surface area (Å²) in [4.78, 5) is 0. The van der Waals surface area contributed by atoms with Gasteiger partial charge in [0.15, 0.2) is 0 Å². The Balaban J connectivity index is 2.67. The van der Waals surface area contributed by atoms with Crippen molar-refractivity contribution in [2.75, 3.05) is 0 Å². The fourth-order valence-electron chi connectivity index (χ4n) is 0.760. The van der Waals surface area contributed by atoms with E-state index in [1.807, 2.05) is 30.3 Å². The average Bonchev–Trinajstić information content (AvgIpc) is 2.03. The average molecular weight is 130 g/mol. The molecule has 0 atom stereocenters. The molecule has 0 amide bonds. The first-order valence-electron chi connectivity index (χ1n) is 3.13. The Kier molecular flexibility index (Phi) is 2.59. The molecule has 0 spiro atoms. The van der Waals surface area contributed by atoms with Crippen LogP contribution < -0.4 is 4.69 Å². The van der Waals surface area contributed by atoms with Crippen LogP contribution in [0.3, 0.4) is 0 Å². The zero-order chi connectivity index (χ0) is 7.23. The van der Waals surface area contributed by atoms with Gasteiger partial charge in [-0.2, -0.15) is 0 Å². The summed E-state index contributed by atoms with van der Waals surface area (Å²) in [5.41, 5.74) is 9.25. The molecule has 0 heterocycles. The van der Waals surface area contributed by atoms with Crippen molar-refractivity contribution >= 4 is 7.07 Å². The summed E-state index contributed by atoms with van der Waals surface area (Å²) in [6.45, 7) is 0.